The minimum absolute atomic E-state index is 0.0175. The standard InChI is InChI=1S/C26H21F3N4O3S/c1-14(17-4-2-3-5-18(17)26(27,28)29)36-21-12-23(37-24(21)25(30)35)33-13-32-19-10-15(6-7-20(19)33)16-8-9-31-22(34)11-16/h2-9,11-15H,10H2,1H3,(H2,30,35)(H,31,34)/t14-,15?/m1/s1. The number of aromatic amines is 1. The molecule has 3 N–H and O–H groups in total. The van der Waals surface area contributed by atoms with Crippen molar-refractivity contribution in [2.45, 2.75) is 31.5 Å². The number of imidazole rings is 1. The Morgan fingerprint density at radius 3 is 2.78 bits per heavy atom. The van der Waals surface area contributed by atoms with E-state index in [1.165, 1.54) is 25.1 Å². The molecule has 3 heterocycles. The molecule has 2 atom stereocenters. The number of benzene rings is 1. The summed E-state index contributed by atoms with van der Waals surface area (Å²) in [4.78, 5) is 31.1. The molecule has 4 aromatic rings. The number of nitrogens with one attached hydrogen (secondary N) is 1. The largest absolute Gasteiger partial charge is 0.484 e. The molecule has 0 saturated heterocycles. The van der Waals surface area contributed by atoms with E-state index in [4.69, 9.17) is 10.5 Å². The monoisotopic (exact) mass is 526 g/mol. The van der Waals surface area contributed by atoms with Gasteiger partial charge in [-0.3, -0.25) is 14.2 Å². The highest BCUT2D eigenvalue weighted by atomic mass is 32.1. The van der Waals surface area contributed by atoms with Crippen molar-refractivity contribution in [3.05, 3.63) is 104 Å². The van der Waals surface area contributed by atoms with Crippen molar-refractivity contribution in [1.82, 2.24) is 14.5 Å². The number of allylic oxidation sites excluding steroid dienone is 1. The number of rotatable bonds is 6. The van der Waals surface area contributed by atoms with E-state index >= 15 is 0 Å². The topological polar surface area (TPSA) is 103 Å². The number of alkyl halides is 3. The van der Waals surface area contributed by atoms with Gasteiger partial charge < -0.3 is 15.5 Å². The van der Waals surface area contributed by atoms with Crippen LogP contribution in [0.1, 0.15) is 56.7 Å². The van der Waals surface area contributed by atoms with Crippen LogP contribution in [0.3, 0.4) is 0 Å². The Bertz CT molecular complexity index is 1570. The van der Waals surface area contributed by atoms with Gasteiger partial charge in [0.25, 0.3) is 5.91 Å². The number of hydrogen-bond acceptors (Lipinski definition) is 5. The lowest BCUT2D eigenvalue weighted by atomic mass is 9.90. The first kappa shape index (κ1) is 24.6. The van der Waals surface area contributed by atoms with E-state index in [2.05, 4.69) is 9.97 Å². The first-order valence-electron chi connectivity index (χ1n) is 11.3. The summed E-state index contributed by atoms with van der Waals surface area (Å²) >= 11 is 1.07. The molecule has 0 spiro atoms. The predicted molar refractivity (Wildman–Crippen MR) is 133 cm³/mol. The second kappa shape index (κ2) is 9.40. The zero-order chi connectivity index (χ0) is 26.3. The van der Waals surface area contributed by atoms with Crippen LogP contribution < -0.4 is 16.0 Å². The number of nitrogens with two attached hydrogens (primary N) is 1. The first-order chi connectivity index (χ1) is 17.6. The summed E-state index contributed by atoms with van der Waals surface area (Å²) < 4.78 is 48.1. The Morgan fingerprint density at radius 2 is 2.05 bits per heavy atom. The molecular formula is C26H21F3N4O3S. The second-order valence-electron chi connectivity index (χ2n) is 8.59. The van der Waals surface area contributed by atoms with Gasteiger partial charge in [-0.05, 0) is 30.7 Å². The third-order valence-electron chi connectivity index (χ3n) is 6.17. The van der Waals surface area contributed by atoms with E-state index in [1.807, 2.05) is 18.2 Å². The van der Waals surface area contributed by atoms with Gasteiger partial charge in [0.2, 0.25) is 5.56 Å². The van der Waals surface area contributed by atoms with E-state index in [1.54, 1.807) is 29.2 Å². The maximum Gasteiger partial charge on any atom is 0.416 e. The van der Waals surface area contributed by atoms with Gasteiger partial charge in [-0.25, -0.2) is 4.98 Å². The molecule has 1 aliphatic carbocycles. The van der Waals surface area contributed by atoms with Gasteiger partial charge in [-0.15, -0.1) is 11.3 Å². The van der Waals surface area contributed by atoms with Crippen molar-refractivity contribution in [3.8, 4) is 10.8 Å². The minimum Gasteiger partial charge on any atom is -0.484 e. The molecule has 7 nitrogen and oxygen atoms in total. The molecule has 0 radical (unpaired) electrons. The number of fused-ring (bicyclic) bond motifs is 1. The van der Waals surface area contributed by atoms with E-state index in [-0.39, 0.29) is 27.7 Å². The van der Waals surface area contributed by atoms with Crippen LogP contribution in [0, 0.1) is 0 Å². The number of aromatic nitrogens is 3. The van der Waals surface area contributed by atoms with Crippen LogP contribution in [0.2, 0.25) is 0 Å². The van der Waals surface area contributed by atoms with Crippen LogP contribution in [-0.4, -0.2) is 20.4 Å². The molecule has 11 heteroatoms. The van der Waals surface area contributed by atoms with Gasteiger partial charge >= 0.3 is 6.18 Å². The average Bonchev–Trinajstić information content (AvgIpc) is 3.47. The molecule has 0 saturated carbocycles. The van der Waals surface area contributed by atoms with Crippen molar-refractivity contribution in [3.63, 3.8) is 0 Å². The summed E-state index contributed by atoms with van der Waals surface area (Å²) in [7, 11) is 0. The highest BCUT2D eigenvalue weighted by Crippen LogP contribution is 2.40. The number of ether oxygens (including phenoxy) is 1. The van der Waals surface area contributed by atoms with E-state index < -0.39 is 23.8 Å². The third kappa shape index (κ3) is 4.82. The number of halogens is 3. The fraction of sp³-hybridized carbons (Fsp3) is 0.192. The number of primary amides is 1. The van der Waals surface area contributed by atoms with Gasteiger partial charge in [0, 0.05) is 36.2 Å². The second-order valence-corrected chi connectivity index (χ2v) is 9.62. The van der Waals surface area contributed by atoms with Gasteiger partial charge in [0.05, 0.1) is 17.0 Å². The van der Waals surface area contributed by atoms with E-state index in [0.717, 1.165) is 34.4 Å². The number of thiophene rings is 1. The van der Waals surface area contributed by atoms with Gasteiger partial charge in [0.1, 0.15) is 28.1 Å². The van der Waals surface area contributed by atoms with Crippen molar-refractivity contribution < 1.29 is 22.7 Å². The van der Waals surface area contributed by atoms with Crippen LogP contribution in [-0.2, 0) is 12.6 Å². The number of H-pyrrole nitrogens is 1. The fourth-order valence-electron chi connectivity index (χ4n) is 4.41. The van der Waals surface area contributed by atoms with Crippen LogP contribution in [0.15, 0.2) is 65.9 Å². The molecule has 0 bridgehead atoms. The quantitative estimate of drug-likeness (QED) is 0.359. The molecule has 5 rings (SSSR count). The molecule has 0 fully saturated rings. The Kier molecular flexibility index (Phi) is 6.24. The Balaban J connectivity index is 1.45. The molecule has 37 heavy (non-hydrogen) atoms. The van der Waals surface area contributed by atoms with Crippen molar-refractivity contribution in [2.75, 3.05) is 0 Å². The lowest BCUT2D eigenvalue weighted by Crippen LogP contribution is -2.15. The van der Waals surface area contributed by atoms with Crippen LogP contribution in [0.25, 0.3) is 11.1 Å². The SMILES string of the molecule is C[C@@H](Oc1cc(-n2cnc3c2C=CC(c2cc[nH]c(=O)c2)C3)sc1C(N)=O)c1ccccc1C(F)(F)F. The van der Waals surface area contributed by atoms with Gasteiger partial charge in [-0.1, -0.05) is 24.3 Å². The van der Waals surface area contributed by atoms with E-state index in [9.17, 15) is 22.8 Å². The van der Waals surface area contributed by atoms with Crippen molar-refractivity contribution in [2.24, 2.45) is 5.73 Å². The first-order valence-corrected chi connectivity index (χ1v) is 12.1. The summed E-state index contributed by atoms with van der Waals surface area (Å²) in [6.07, 6.45) is 2.11. The number of nitrogens with zero attached hydrogens (tertiary/aromatic N) is 2. The van der Waals surface area contributed by atoms with Gasteiger partial charge in [0.15, 0.2) is 0 Å². The smallest absolute Gasteiger partial charge is 0.416 e. The predicted octanol–water partition coefficient (Wildman–Crippen LogP) is 5.23. The molecule has 1 amide bonds. The van der Waals surface area contributed by atoms with Crippen LogP contribution in [0.5, 0.6) is 5.75 Å². The zero-order valence-corrected chi connectivity index (χ0v) is 20.3. The Labute approximate surface area is 213 Å². The number of amides is 1. The normalized spacial score (nSPS) is 15.8. The number of hydrogen-bond donors (Lipinski definition) is 2. The maximum absolute atomic E-state index is 13.5. The summed E-state index contributed by atoms with van der Waals surface area (Å²) in [5.41, 5.74) is 7.00. The van der Waals surface area contributed by atoms with Crippen LogP contribution >= 0.6 is 11.3 Å². The van der Waals surface area contributed by atoms with Crippen molar-refractivity contribution in [1.29, 1.82) is 0 Å². The summed E-state index contributed by atoms with van der Waals surface area (Å²) in [6, 6.07) is 10.1. The number of carbonyl (C=O) groups is 1. The molecule has 3 aromatic heterocycles. The Morgan fingerprint density at radius 1 is 1.27 bits per heavy atom. The third-order valence-corrected chi connectivity index (χ3v) is 7.30. The lowest BCUT2D eigenvalue weighted by Gasteiger charge is -2.19. The maximum atomic E-state index is 13.5. The highest BCUT2D eigenvalue weighted by molar-refractivity contribution is 7.16. The van der Waals surface area contributed by atoms with Crippen molar-refractivity contribution >= 4 is 23.3 Å². The molecule has 0 aliphatic heterocycles. The molecule has 1 aromatic carbocycles. The highest BCUT2D eigenvalue weighted by Gasteiger charge is 2.35. The van der Waals surface area contributed by atoms with Crippen LogP contribution in [0.4, 0.5) is 13.2 Å². The van der Waals surface area contributed by atoms with Gasteiger partial charge in [-0.2, -0.15) is 13.2 Å². The molecule has 1 aliphatic rings. The molecule has 1 unspecified atom stereocenters. The number of carbonyl (C=O) groups excluding carboxylic acids is 1. The molecule has 190 valence electrons. The van der Waals surface area contributed by atoms with E-state index in [0.29, 0.717) is 11.4 Å². The lowest BCUT2D eigenvalue weighted by molar-refractivity contribution is -0.138. The summed E-state index contributed by atoms with van der Waals surface area (Å²) in [5, 5.41) is 0.577. The average molecular weight is 527 g/mol. The number of pyridine rings is 1. The minimum atomic E-state index is -4.55. The fourth-order valence-corrected chi connectivity index (χ4v) is 5.34. The Hall–Kier alpha value is -4.12. The zero-order valence-electron chi connectivity index (χ0n) is 19.5. The molecular weight excluding hydrogens is 505 g/mol. The summed E-state index contributed by atoms with van der Waals surface area (Å²) in [5.74, 6) is -0.668. The summed E-state index contributed by atoms with van der Waals surface area (Å²) in [6.45, 7) is 1.49.